The molecule has 0 unspecified atom stereocenters. The monoisotopic (exact) mass is 340 g/mol. The largest absolute Gasteiger partial charge is 0.372 e. The molecule has 0 spiro atoms. The van der Waals surface area contributed by atoms with Crippen molar-refractivity contribution in [3.8, 4) is 0 Å². The molecule has 0 radical (unpaired) electrons. The molecule has 1 saturated heterocycles. The average molecular weight is 340 g/mol. The van der Waals surface area contributed by atoms with Crippen LogP contribution in [0.2, 0.25) is 0 Å². The second-order valence-electron chi connectivity index (χ2n) is 5.20. The Bertz CT molecular complexity index is 702. The Labute approximate surface area is 135 Å². The van der Waals surface area contributed by atoms with Gasteiger partial charge in [0.1, 0.15) is 6.61 Å². The first-order valence-corrected chi connectivity index (χ1v) is 9.24. The molecule has 2 amide bonds. The van der Waals surface area contributed by atoms with Crippen LogP contribution in [0.1, 0.15) is 23.7 Å². The number of sulfone groups is 1. The molecule has 1 heterocycles. The topological polar surface area (TPSA) is 84.0 Å². The van der Waals surface area contributed by atoms with Crippen molar-refractivity contribution in [1.29, 1.82) is 0 Å². The molecule has 1 fully saturated rings. The fourth-order valence-corrected chi connectivity index (χ4v) is 3.33. The molecule has 7 nitrogen and oxygen atoms in total. The fraction of sp³-hybridized carbons (Fsp3) is 0.467. The van der Waals surface area contributed by atoms with E-state index in [0.29, 0.717) is 26.1 Å². The van der Waals surface area contributed by atoms with Crippen molar-refractivity contribution < 1.29 is 22.7 Å². The van der Waals surface area contributed by atoms with Gasteiger partial charge in [-0.2, -0.15) is 0 Å². The van der Waals surface area contributed by atoms with E-state index in [0.717, 1.165) is 6.26 Å². The number of amides is 2. The molecule has 0 saturated carbocycles. The Balaban J connectivity index is 2.28. The van der Waals surface area contributed by atoms with Crippen molar-refractivity contribution in [1.82, 2.24) is 10.0 Å². The van der Waals surface area contributed by atoms with Crippen LogP contribution in [0.5, 0.6) is 0 Å². The van der Waals surface area contributed by atoms with Crippen LogP contribution in [0.4, 0.5) is 0 Å². The van der Waals surface area contributed by atoms with E-state index in [-0.39, 0.29) is 23.0 Å². The maximum Gasteiger partial charge on any atom is 0.273 e. The average Bonchev–Trinajstić information content (AvgIpc) is 3.00. The van der Waals surface area contributed by atoms with Crippen LogP contribution >= 0.6 is 0 Å². The number of hydrogen-bond acceptors (Lipinski definition) is 5. The first-order valence-electron chi connectivity index (χ1n) is 7.35. The molecule has 0 aromatic heterocycles. The SMILES string of the molecule is CCOCC(=O)N1CCCN1C(=O)c1ccccc1S(C)(=O)=O. The highest BCUT2D eigenvalue weighted by Gasteiger charge is 2.33. The number of benzene rings is 1. The normalized spacial score (nSPS) is 15.0. The fourth-order valence-electron chi connectivity index (χ4n) is 2.45. The minimum absolute atomic E-state index is 0.0332. The highest BCUT2D eigenvalue weighted by molar-refractivity contribution is 7.90. The summed E-state index contributed by atoms with van der Waals surface area (Å²) in [5, 5.41) is 2.63. The van der Waals surface area contributed by atoms with Crippen LogP contribution in [-0.2, 0) is 19.4 Å². The summed E-state index contributed by atoms with van der Waals surface area (Å²) < 4.78 is 28.8. The second kappa shape index (κ2) is 7.10. The van der Waals surface area contributed by atoms with Gasteiger partial charge in [0.05, 0.1) is 10.5 Å². The van der Waals surface area contributed by atoms with Crippen molar-refractivity contribution in [2.45, 2.75) is 18.2 Å². The number of hydrazine groups is 1. The van der Waals surface area contributed by atoms with Gasteiger partial charge >= 0.3 is 0 Å². The second-order valence-corrected chi connectivity index (χ2v) is 7.19. The third kappa shape index (κ3) is 3.89. The zero-order valence-corrected chi connectivity index (χ0v) is 14.0. The van der Waals surface area contributed by atoms with Gasteiger partial charge < -0.3 is 4.74 Å². The Kier molecular flexibility index (Phi) is 5.38. The standard InChI is InChI=1S/C15H20N2O5S/c1-3-22-11-14(18)16-9-6-10-17(16)15(19)12-7-4-5-8-13(12)23(2,20)21/h4-5,7-8H,3,6,9-11H2,1-2H3. The Morgan fingerprint density at radius 1 is 1.17 bits per heavy atom. The van der Waals surface area contributed by atoms with Gasteiger partial charge in [0.25, 0.3) is 11.8 Å². The molecule has 1 aromatic rings. The molecule has 0 aliphatic carbocycles. The molecule has 0 bridgehead atoms. The number of carbonyl (C=O) groups is 2. The van der Waals surface area contributed by atoms with Crippen LogP contribution < -0.4 is 0 Å². The van der Waals surface area contributed by atoms with E-state index in [2.05, 4.69) is 0 Å². The molecular formula is C15H20N2O5S. The maximum absolute atomic E-state index is 12.7. The molecule has 126 valence electrons. The molecule has 0 atom stereocenters. The van der Waals surface area contributed by atoms with Crippen molar-refractivity contribution in [2.24, 2.45) is 0 Å². The van der Waals surface area contributed by atoms with Gasteiger partial charge in [-0.05, 0) is 25.5 Å². The van der Waals surface area contributed by atoms with Gasteiger partial charge in [0.2, 0.25) is 0 Å². The van der Waals surface area contributed by atoms with Crippen molar-refractivity contribution in [3.05, 3.63) is 29.8 Å². The number of hydrogen-bond donors (Lipinski definition) is 0. The number of rotatable bonds is 5. The summed E-state index contributed by atoms with van der Waals surface area (Å²) in [5.41, 5.74) is 0.0751. The predicted molar refractivity (Wildman–Crippen MR) is 83.4 cm³/mol. The first-order chi connectivity index (χ1) is 10.9. The van der Waals surface area contributed by atoms with E-state index in [1.807, 2.05) is 0 Å². The minimum Gasteiger partial charge on any atom is -0.372 e. The zero-order chi connectivity index (χ0) is 17.0. The molecule has 2 rings (SSSR count). The molecule has 1 aliphatic heterocycles. The van der Waals surface area contributed by atoms with E-state index in [4.69, 9.17) is 4.74 Å². The predicted octanol–water partition coefficient (Wildman–Crippen LogP) is 0.716. The number of ether oxygens (including phenoxy) is 1. The zero-order valence-electron chi connectivity index (χ0n) is 13.2. The summed E-state index contributed by atoms with van der Waals surface area (Å²) in [4.78, 5) is 24.8. The minimum atomic E-state index is -3.54. The third-order valence-corrected chi connectivity index (χ3v) is 4.66. The van der Waals surface area contributed by atoms with Crippen LogP contribution in [-0.4, -0.2) is 62.8 Å². The molecule has 0 N–H and O–H groups in total. The smallest absolute Gasteiger partial charge is 0.273 e. The quantitative estimate of drug-likeness (QED) is 0.788. The third-order valence-electron chi connectivity index (χ3n) is 3.50. The highest BCUT2D eigenvalue weighted by Crippen LogP contribution is 2.21. The van der Waals surface area contributed by atoms with Gasteiger partial charge in [-0.25, -0.2) is 18.4 Å². The van der Waals surface area contributed by atoms with Crippen molar-refractivity contribution in [3.63, 3.8) is 0 Å². The molecule has 1 aromatic carbocycles. The molecule has 23 heavy (non-hydrogen) atoms. The summed E-state index contributed by atoms with van der Waals surface area (Å²) >= 11 is 0. The van der Waals surface area contributed by atoms with Gasteiger partial charge in [-0.15, -0.1) is 0 Å². The lowest BCUT2D eigenvalue weighted by Crippen LogP contribution is -2.46. The Morgan fingerprint density at radius 2 is 1.83 bits per heavy atom. The molecule has 1 aliphatic rings. The van der Waals surface area contributed by atoms with Crippen molar-refractivity contribution >= 4 is 21.7 Å². The molecule has 8 heteroatoms. The van der Waals surface area contributed by atoms with E-state index in [9.17, 15) is 18.0 Å². The van der Waals surface area contributed by atoms with Gasteiger partial charge in [0.15, 0.2) is 9.84 Å². The van der Waals surface area contributed by atoms with Crippen LogP contribution in [0.25, 0.3) is 0 Å². The highest BCUT2D eigenvalue weighted by atomic mass is 32.2. The van der Waals surface area contributed by atoms with E-state index in [1.54, 1.807) is 19.1 Å². The summed E-state index contributed by atoms with van der Waals surface area (Å²) in [6.45, 7) is 2.87. The molecular weight excluding hydrogens is 320 g/mol. The number of carbonyl (C=O) groups excluding carboxylic acids is 2. The first kappa shape index (κ1) is 17.4. The Morgan fingerprint density at radius 3 is 2.48 bits per heavy atom. The summed E-state index contributed by atoms with van der Waals surface area (Å²) in [5.74, 6) is -0.803. The van der Waals surface area contributed by atoms with E-state index in [1.165, 1.54) is 22.2 Å². The Hall–Kier alpha value is -1.93. The maximum atomic E-state index is 12.7. The summed E-state index contributed by atoms with van der Waals surface area (Å²) in [7, 11) is -3.54. The van der Waals surface area contributed by atoms with Gasteiger partial charge in [-0.3, -0.25) is 9.59 Å². The van der Waals surface area contributed by atoms with Crippen LogP contribution in [0, 0.1) is 0 Å². The van der Waals surface area contributed by atoms with E-state index < -0.39 is 15.7 Å². The lowest BCUT2D eigenvalue weighted by Gasteiger charge is -2.28. The summed E-state index contributed by atoms with van der Waals surface area (Å²) in [6.07, 6.45) is 1.70. The number of nitrogens with zero attached hydrogens (tertiary/aromatic N) is 2. The van der Waals surface area contributed by atoms with Gasteiger partial charge in [0, 0.05) is 26.0 Å². The lowest BCUT2D eigenvalue weighted by atomic mass is 10.2. The summed E-state index contributed by atoms with van der Waals surface area (Å²) in [6, 6.07) is 6.02. The van der Waals surface area contributed by atoms with Crippen molar-refractivity contribution in [2.75, 3.05) is 32.6 Å². The van der Waals surface area contributed by atoms with E-state index >= 15 is 0 Å². The lowest BCUT2D eigenvalue weighted by molar-refractivity contribution is -0.145. The van der Waals surface area contributed by atoms with Crippen LogP contribution in [0.15, 0.2) is 29.2 Å². The van der Waals surface area contributed by atoms with Crippen LogP contribution in [0.3, 0.4) is 0 Å². The van der Waals surface area contributed by atoms with Gasteiger partial charge in [-0.1, -0.05) is 12.1 Å².